The summed E-state index contributed by atoms with van der Waals surface area (Å²) in [6, 6.07) is 9.30. The van der Waals surface area contributed by atoms with Gasteiger partial charge < -0.3 is 24.8 Å². The van der Waals surface area contributed by atoms with Gasteiger partial charge in [0.15, 0.2) is 5.82 Å². The van der Waals surface area contributed by atoms with Crippen molar-refractivity contribution in [3.8, 4) is 11.5 Å². The lowest BCUT2D eigenvalue weighted by molar-refractivity contribution is -0.143. The molecule has 0 amide bonds. The topological polar surface area (TPSA) is 107 Å². The zero-order valence-electron chi connectivity index (χ0n) is 18.6. The van der Waals surface area contributed by atoms with Gasteiger partial charge in [-0.3, -0.25) is 4.98 Å². The quantitative estimate of drug-likeness (QED) is 0.487. The number of hydrogen-bond acceptors (Lipinski definition) is 9. The highest BCUT2D eigenvalue weighted by Gasteiger charge is 2.60. The van der Waals surface area contributed by atoms with E-state index in [1.165, 1.54) is 7.11 Å². The number of esters is 1. The van der Waals surface area contributed by atoms with Crippen molar-refractivity contribution in [2.24, 2.45) is 5.92 Å². The smallest absolute Gasteiger partial charge is 0.331 e. The monoisotopic (exact) mass is 437 g/mol. The predicted molar refractivity (Wildman–Crippen MR) is 121 cm³/mol. The van der Waals surface area contributed by atoms with Gasteiger partial charge in [-0.05, 0) is 36.6 Å². The molecule has 0 unspecified atom stereocenters. The van der Waals surface area contributed by atoms with Crippen LogP contribution in [0.2, 0.25) is 0 Å². The van der Waals surface area contributed by atoms with Crippen LogP contribution in [-0.4, -0.2) is 47.8 Å². The molecule has 2 heterocycles. The van der Waals surface area contributed by atoms with E-state index in [-0.39, 0.29) is 11.9 Å². The second kappa shape index (κ2) is 8.86. The Hall–Kier alpha value is -3.62. The molecule has 1 aromatic carbocycles. The Kier molecular flexibility index (Phi) is 5.98. The van der Waals surface area contributed by atoms with Gasteiger partial charge in [0, 0.05) is 24.4 Å². The average molecular weight is 438 g/mol. The highest BCUT2D eigenvalue weighted by Crippen LogP contribution is 2.49. The highest BCUT2D eigenvalue weighted by molar-refractivity contribution is 5.93. The predicted octanol–water partition coefficient (Wildman–Crippen LogP) is 3.41. The van der Waals surface area contributed by atoms with Gasteiger partial charge in [-0.25, -0.2) is 9.78 Å². The molecule has 1 saturated carbocycles. The molecule has 9 nitrogen and oxygen atoms in total. The third-order valence-corrected chi connectivity index (χ3v) is 5.88. The summed E-state index contributed by atoms with van der Waals surface area (Å²) in [5, 5.41) is 6.58. The number of rotatable bonds is 9. The van der Waals surface area contributed by atoms with Crippen molar-refractivity contribution in [1.29, 1.82) is 0 Å². The summed E-state index contributed by atoms with van der Waals surface area (Å²) in [7, 11) is 4.63. The fourth-order valence-corrected chi connectivity index (χ4v) is 3.98. The summed E-state index contributed by atoms with van der Waals surface area (Å²) in [5.41, 5.74) is 1.42. The van der Waals surface area contributed by atoms with Gasteiger partial charge in [-0.2, -0.15) is 4.98 Å². The summed E-state index contributed by atoms with van der Waals surface area (Å²) < 4.78 is 15.8. The number of methoxy groups -OCH3 is 3. The lowest BCUT2D eigenvalue weighted by atomic mass is 10.1. The summed E-state index contributed by atoms with van der Waals surface area (Å²) in [5.74, 6) is 2.23. The molecule has 0 bridgehead atoms. The summed E-state index contributed by atoms with van der Waals surface area (Å²) in [6.07, 6.45) is 3.24. The fraction of sp³-hybridized carbons (Fsp3) is 0.391. The van der Waals surface area contributed by atoms with Crippen LogP contribution in [0.3, 0.4) is 0 Å². The van der Waals surface area contributed by atoms with Gasteiger partial charge in [0.05, 0.1) is 26.8 Å². The van der Waals surface area contributed by atoms with E-state index in [4.69, 9.17) is 14.2 Å². The molecule has 1 fully saturated rings. The van der Waals surface area contributed by atoms with E-state index in [1.54, 1.807) is 20.4 Å². The van der Waals surface area contributed by atoms with E-state index >= 15 is 0 Å². The zero-order valence-corrected chi connectivity index (χ0v) is 18.6. The van der Waals surface area contributed by atoms with Gasteiger partial charge in [0.1, 0.15) is 22.6 Å². The number of anilines is 2. The molecule has 1 aliphatic carbocycles. The molecule has 1 aliphatic rings. The van der Waals surface area contributed by atoms with E-state index in [2.05, 4.69) is 32.5 Å². The van der Waals surface area contributed by atoms with Crippen LogP contribution in [-0.2, 0) is 16.1 Å². The van der Waals surface area contributed by atoms with Crippen LogP contribution in [0.4, 0.5) is 11.8 Å². The van der Waals surface area contributed by atoms with Crippen molar-refractivity contribution in [1.82, 2.24) is 15.0 Å². The maximum Gasteiger partial charge on any atom is 0.331 e. The van der Waals surface area contributed by atoms with E-state index in [1.807, 2.05) is 30.3 Å². The molecule has 0 saturated heterocycles. The van der Waals surface area contributed by atoms with Crippen LogP contribution in [0.25, 0.3) is 11.0 Å². The largest absolute Gasteiger partial charge is 0.497 e. The number of carbonyl (C=O) groups excluding carboxylic acids is 1. The maximum atomic E-state index is 12.5. The average Bonchev–Trinajstić information content (AvgIpc) is 3.56. The number of pyridine rings is 1. The van der Waals surface area contributed by atoms with Crippen molar-refractivity contribution in [2.45, 2.75) is 31.8 Å². The lowest BCUT2D eigenvalue weighted by Crippen LogP contribution is -2.36. The molecule has 2 atom stereocenters. The third kappa shape index (κ3) is 3.98. The van der Waals surface area contributed by atoms with Gasteiger partial charge in [0.2, 0.25) is 5.95 Å². The number of fused-ring (bicyclic) bond motifs is 1. The van der Waals surface area contributed by atoms with Crippen LogP contribution in [0.1, 0.15) is 25.3 Å². The first-order valence-electron chi connectivity index (χ1n) is 10.5. The Labute approximate surface area is 186 Å². The number of carbonyl (C=O) groups is 1. The second-order valence-corrected chi connectivity index (χ2v) is 7.70. The molecule has 0 spiro atoms. The Balaban J connectivity index is 1.64. The Morgan fingerprint density at radius 3 is 2.72 bits per heavy atom. The van der Waals surface area contributed by atoms with Crippen molar-refractivity contribution in [3.05, 3.63) is 42.1 Å². The molecule has 2 aromatic heterocycles. The summed E-state index contributed by atoms with van der Waals surface area (Å²) in [4.78, 5) is 26.2. The molecule has 9 heteroatoms. The van der Waals surface area contributed by atoms with Crippen molar-refractivity contribution in [2.75, 3.05) is 32.0 Å². The van der Waals surface area contributed by atoms with E-state index in [0.29, 0.717) is 47.3 Å². The molecule has 0 radical (unpaired) electrons. The van der Waals surface area contributed by atoms with Crippen LogP contribution in [0.5, 0.6) is 11.5 Å². The Bertz CT molecular complexity index is 1140. The first-order chi connectivity index (χ1) is 15.5. The highest BCUT2D eigenvalue weighted by atomic mass is 16.5. The minimum Gasteiger partial charge on any atom is -0.497 e. The molecule has 168 valence electrons. The minimum absolute atomic E-state index is 0.184. The van der Waals surface area contributed by atoms with Crippen LogP contribution >= 0.6 is 0 Å². The number of hydrogen-bond donors (Lipinski definition) is 2. The third-order valence-electron chi connectivity index (χ3n) is 5.88. The maximum absolute atomic E-state index is 12.5. The van der Waals surface area contributed by atoms with Crippen LogP contribution < -0.4 is 20.1 Å². The number of aromatic nitrogens is 3. The molecule has 0 aliphatic heterocycles. The summed E-state index contributed by atoms with van der Waals surface area (Å²) >= 11 is 0. The molecule has 3 aromatic rings. The summed E-state index contributed by atoms with van der Waals surface area (Å²) in [6.45, 7) is 2.50. The Morgan fingerprint density at radius 2 is 2.03 bits per heavy atom. The van der Waals surface area contributed by atoms with Gasteiger partial charge >= 0.3 is 5.97 Å². The van der Waals surface area contributed by atoms with Crippen molar-refractivity contribution >= 4 is 28.8 Å². The lowest BCUT2D eigenvalue weighted by Gasteiger charge is -2.19. The zero-order chi connectivity index (χ0) is 22.7. The minimum atomic E-state index is -0.779. The van der Waals surface area contributed by atoms with Gasteiger partial charge in [-0.15, -0.1) is 0 Å². The molecule has 4 rings (SSSR count). The number of benzene rings is 1. The van der Waals surface area contributed by atoms with E-state index < -0.39 is 5.54 Å². The Morgan fingerprint density at radius 1 is 1.19 bits per heavy atom. The first-order valence-corrected chi connectivity index (χ1v) is 10.5. The number of nitrogens with zero attached hydrogens (tertiary/aromatic N) is 3. The SMILES string of the molecule is CC[C@@H]1C[C@]1(Nc1nc(NCc2ccc(OC)cc2OC)nc2cccnc12)C(=O)OC. The fourth-order valence-electron chi connectivity index (χ4n) is 3.98. The van der Waals surface area contributed by atoms with Gasteiger partial charge in [-0.1, -0.05) is 13.3 Å². The molecular weight excluding hydrogens is 410 g/mol. The van der Waals surface area contributed by atoms with Gasteiger partial charge in [0.25, 0.3) is 0 Å². The van der Waals surface area contributed by atoms with Crippen LogP contribution in [0.15, 0.2) is 36.5 Å². The van der Waals surface area contributed by atoms with Crippen LogP contribution in [0, 0.1) is 5.92 Å². The number of ether oxygens (including phenoxy) is 3. The molecular formula is C23H27N5O4. The second-order valence-electron chi connectivity index (χ2n) is 7.70. The molecule has 2 N–H and O–H groups in total. The first kappa shape index (κ1) is 21.6. The molecule has 32 heavy (non-hydrogen) atoms. The van der Waals surface area contributed by atoms with E-state index in [0.717, 1.165) is 12.0 Å². The standard InChI is InChI=1S/C23H27N5O4/c1-5-15-12-23(15,21(29)32-4)28-20-19-17(7-6-10-24-19)26-22(27-20)25-13-14-8-9-16(30-2)11-18(14)31-3/h6-11,15H,5,12-13H2,1-4H3,(H2,25,26,27,28)/t15-,23-/m1/s1. The normalized spacial score (nSPS) is 19.3. The van der Waals surface area contributed by atoms with Crippen molar-refractivity contribution < 1.29 is 19.0 Å². The van der Waals surface area contributed by atoms with E-state index in [9.17, 15) is 4.79 Å². The van der Waals surface area contributed by atoms with Crippen molar-refractivity contribution in [3.63, 3.8) is 0 Å². The number of nitrogens with one attached hydrogen (secondary N) is 2.